The number of carbonyl (C=O) groups excluding carboxylic acids is 1. The second-order valence-electron chi connectivity index (χ2n) is 18.5. The van der Waals surface area contributed by atoms with Crippen LogP contribution in [-0.2, 0) is 18.4 Å². The second kappa shape index (κ2) is 49.4. The van der Waals surface area contributed by atoms with E-state index in [4.69, 9.17) is 9.05 Å². The number of phosphoric acid groups is 1. The molecule has 8 nitrogen and oxygen atoms in total. The summed E-state index contributed by atoms with van der Waals surface area (Å²) in [6.45, 7) is 4.56. The maximum Gasteiger partial charge on any atom is 0.472 e. The predicted molar refractivity (Wildman–Crippen MR) is 299 cm³/mol. The largest absolute Gasteiger partial charge is 0.472 e. The SMILES string of the molecule is CC/C=C\C/C=C\C/C=C\C/C=C\C/C=C\C/C=C\C/C=C\C/C=C\C/C=C\C/C=C\CCCCCCCCCCC(=O)NC(COP(=O)(O)OCC[N+](C)(C)C)C(O)/C=C/CC/C=C/CCCC. The van der Waals surface area contributed by atoms with Crippen LogP contribution in [0.5, 0.6) is 0 Å². The third-order valence-electron chi connectivity index (χ3n) is 10.8. The Morgan fingerprint density at radius 2 is 0.884 bits per heavy atom. The van der Waals surface area contributed by atoms with Crippen molar-refractivity contribution in [3.05, 3.63) is 146 Å². The molecule has 1 amide bonds. The van der Waals surface area contributed by atoms with E-state index in [9.17, 15) is 19.4 Å². The summed E-state index contributed by atoms with van der Waals surface area (Å²) in [7, 11) is 1.52. The number of aliphatic hydroxyl groups is 1. The molecule has 0 saturated carbocycles. The number of carbonyl (C=O) groups is 1. The van der Waals surface area contributed by atoms with Crippen LogP contribution in [0.3, 0.4) is 0 Å². The van der Waals surface area contributed by atoms with Crippen LogP contribution < -0.4 is 5.32 Å². The van der Waals surface area contributed by atoms with Gasteiger partial charge in [-0.05, 0) is 103 Å². The van der Waals surface area contributed by atoms with Crippen LogP contribution in [0.2, 0.25) is 0 Å². The van der Waals surface area contributed by atoms with Gasteiger partial charge in [0.1, 0.15) is 13.2 Å². The van der Waals surface area contributed by atoms with Crippen LogP contribution in [0.4, 0.5) is 0 Å². The Morgan fingerprint density at radius 3 is 1.33 bits per heavy atom. The highest BCUT2D eigenvalue weighted by atomic mass is 31.2. The number of quaternary nitrogens is 1. The zero-order valence-corrected chi connectivity index (χ0v) is 45.1. The predicted octanol–water partition coefficient (Wildman–Crippen LogP) is 16.1. The highest BCUT2D eigenvalue weighted by Crippen LogP contribution is 2.43. The maximum absolute atomic E-state index is 12.9. The van der Waals surface area contributed by atoms with E-state index in [1.807, 2.05) is 27.2 Å². The fourth-order valence-corrected chi connectivity index (χ4v) is 7.33. The lowest BCUT2D eigenvalue weighted by molar-refractivity contribution is -0.870. The molecule has 0 aromatic carbocycles. The molecular formula is C60H100N2O6P+. The van der Waals surface area contributed by atoms with Crippen molar-refractivity contribution in [3.8, 4) is 0 Å². The highest BCUT2D eigenvalue weighted by Gasteiger charge is 2.27. The molecule has 3 atom stereocenters. The summed E-state index contributed by atoms with van der Waals surface area (Å²) in [6.07, 6.45) is 76.9. The van der Waals surface area contributed by atoms with Gasteiger partial charge in [-0.2, -0.15) is 0 Å². The van der Waals surface area contributed by atoms with Gasteiger partial charge in [-0.25, -0.2) is 4.57 Å². The second-order valence-corrected chi connectivity index (χ2v) is 20.0. The van der Waals surface area contributed by atoms with Crippen LogP contribution in [-0.4, -0.2) is 73.4 Å². The Balaban J connectivity index is 4.07. The summed E-state index contributed by atoms with van der Waals surface area (Å²) in [5.41, 5.74) is 0. The lowest BCUT2D eigenvalue weighted by atomic mass is 10.1. The van der Waals surface area contributed by atoms with Gasteiger partial charge in [0.25, 0.3) is 0 Å². The van der Waals surface area contributed by atoms with Gasteiger partial charge in [0, 0.05) is 6.42 Å². The molecule has 390 valence electrons. The number of rotatable bonds is 46. The maximum atomic E-state index is 12.9. The van der Waals surface area contributed by atoms with Gasteiger partial charge in [0.05, 0.1) is 39.9 Å². The first-order valence-electron chi connectivity index (χ1n) is 26.7. The molecule has 0 fully saturated rings. The summed E-state index contributed by atoms with van der Waals surface area (Å²) >= 11 is 0. The Kier molecular flexibility index (Phi) is 46.8. The van der Waals surface area contributed by atoms with E-state index < -0.39 is 20.0 Å². The molecule has 0 aromatic rings. The smallest absolute Gasteiger partial charge is 0.387 e. The van der Waals surface area contributed by atoms with Crippen molar-refractivity contribution in [1.82, 2.24) is 5.32 Å². The molecule has 69 heavy (non-hydrogen) atoms. The molecule has 0 aliphatic heterocycles. The lowest BCUT2D eigenvalue weighted by Crippen LogP contribution is -2.45. The van der Waals surface area contributed by atoms with Crippen molar-refractivity contribution in [2.75, 3.05) is 40.9 Å². The normalized spacial score (nSPS) is 15.2. The number of hydrogen-bond donors (Lipinski definition) is 3. The molecular weight excluding hydrogens is 876 g/mol. The minimum Gasteiger partial charge on any atom is -0.387 e. The first-order valence-corrected chi connectivity index (χ1v) is 28.2. The third kappa shape index (κ3) is 52.0. The lowest BCUT2D eigenvalue weighted by Gasteiger charge is -2.25. The number of hydrogen-bond acceptors (Lipinski definition) is 5. The number of aliphatic hydroxyl groups excluding tert-OH is 1. The minimum absolute atomic E-state index is 0.0463. The monoisotopic (exact) mass is 976 g/mol. The van der Waals surface area contributed by atoms with Crippen LogP contribution in [0.1, 0.15) is 174 Å². The standard InChI is InChI=1S/C60H99N2O6P/c1-6-8-10-12-14-16-17-18-19-20-21-22-23-24-25-26-27-28-29-30-31-32-33-34-35-36-37-38-39-40-41-42-43-44-45-46-48-50-52-54-60(64)61-58(57-68-69(65,66)67-56-55-62(3,4)5)59(63)53-51-49-47-15-13-11-9-7-2/h8,10,13-16,18-19,21-22,24-25,27-28,30-31,33-34,36-37,39-40,51,53,58-59,63H,6-7,9,11-12,17,20,23,26,29,32,35,38,41-50,52,54-57H2,1-5H3,(H-,61,64,65,66)/p+1/b10-8-,15-13+,16-14-,19-18-,22-21-,25-24-,28-27-,31-30-,34-33-,37-36-,40-39-,53-51+. The zero-order chi connectivity index (χ0) is 50.6. The fourth-order valence-electron chi connectivity index (χ4n) is 6.60. The summed E-state index contributed by atoms with van der Waals surface area (Å²) in [5, 5.41) is 13.7. The van der Waals surface area contributed by atoms with Crippen molar-refractivity contribution in [1.29, 1.82) is 0 Å². The average molecular weight is 976 g/mol. The van der Waals surface area contributed by atoms with E-state index >= 15 is 0 Å². The van der Waals surface area contributed by atoms with E-state index in [-0.39, 0.29) is 19.1 Å². The van der Waals surface area contributed by atoms with E-state index in [0.29, 0.717) is 17.4 Å². The van der Waals surface area contributed by atoms with Gasteiger partial charge in [-0.3, -0.25) is 13.8 Å². The first kappa shape index (κ1) is 65.4. The van der Waals surface area contributed by atoms with Crippen molar-refractivity contribution >= 4 is 13.7 Å². The average Bonchev–Trinajstić information content (AvgIpc) is 3.31. The van der Waals surface area contributed by atoms with E-state index in [0.717, 1.165) is 116 Å². The van der Waals surface area contributed by atoms with Gasteiger partial charge in [0.2, 0.25) is 5.91 Å². The Hall–Kier alpha value is -3.62. The topological polar surface area (TPSA) is 105 Å². The summed E-state index contributed by atoms with van der Waals surface area (Å²) in [4.78, 5) is 23.1. The number of phosphoric ester groups is 1. The van der Waals surface area contributed by atoms with Crippen molar-refractivity contribution in [2.45, 2.75) is 187 Å². The molecule has 0 aliphatic rings. The van der Waals surface area contributed by atoms with Crippen LogP contribution in [0.25, 0.3) is 0 Å². The van der Waals surface area contributed by atoms with E-state index in [1.54, 1.807) is 6.08 Å². The van der Waals surface area contributed by atoms with Crippen LogP contribution >= 0.6 is 7.82 Å². The molecule has 0 aromatic heterocycles. The molecule has 0 heterocycles. The number of allylic oxidation sites excluding steroid dienone is 23. The molecule has 0 rings (SSSR count). The van der Waals surface area contributed by atoms with Crippen molar-refractivity contribution in [2.24, 2.45) is 0 Å². The molecule has 0 spiro atoms. The Labute approximate surface area is 423 Å². The summed E-state index contributed by atoms with van der Waals surface area (Å²) in [5.74, 6) is -0.207. The quantitative estimate of drug-likeness (QED) is 0.0243. The minimum atomic E-state index is -4.35. The van der Waals surface area contributed by atoms with Gasteiger partial charge < -0.3 is 19.8 Å². The summed E-state index contributed by atoms with van der Waals surface area (Å²) < 4.78 is 23.5. The molecule has 9 heteroatoms. The number of likely N-dealkylation sites (N-methyl/N-ethyl adjacent to an activating group) is 1. The summed E-state index contributed by atoms with van der Waals surface area (Å²) in [6, 6.07) is -0.875. The number of amides is 1. The molecule has 0 bridgehead atoms. The first-order chi connectivity index (χ1) is 33.5. The van der Waals surface area contributed by atoms with Gasteiger partial charge in [-0.15, -0.1) is 0 Å². The van der Waals surface area contributed by atoms with Crippen LogP contribution in [0, 0.1) is 0 Å². The number of nitrogens with zero attached hydrogens (tertiary/aromatic N) is 1. The Morgan fingerprint density at radius 1 is 0.507 bits per heavy atom. The van der Waals surface area contributed by atoms with Gasteiger partial charge >= 0.3 is 7.82 Å². The molecule has 0 radical (unpaired) electrons. The zero-order valence-electron chi connectivity index (χ0n) is 44.2. The van der Waals surface area contributed by atoms with Crippen molar-refractivity contribution < 1.29 is 32.9 Å². The van der Waals surface area contributed by atoms with E-state index in [2.05, 4.69) is 153 Å². The molecule has 0 aliphatic carbocycles. The van der Waals surface area contributed by atoms with Crippen molar-refractivity contribution in [3.63, 3.8) is 0 Å². The fraction of sp³-hybridized carbons (Fsp3) is 0.583. The Bertz CT molecular complexity index is 1620. The van der Waals surface area contributed by atoms with E-state index in [1.165, 1.54) is 38.5 Å². The van der Waals surface area contributed by atoms with Gasteiger partial charge in [-0.1, -0.05) is 211 Å². The highest BCUT2D eigenvalue weighted by molar-refractivity contribution is 7.47. The van der Waals surface area contributed by atoms with Crippen LogP contribution in [0.15, 0.2) is 146 Å². The molecule has 0 saturated heterocycles. The van der Waals surface area contributed by atoms with Gasteiger partial charge in [0.15, 0.2) is 0 Å². The molecule has 3 unspecified atom stereocenters. The number of unbranched alkanes of at least 4 members (excludes halogenated alkanes) is 11. The third-order valence-corrected chi connectivity index (χ3v) is 11.8. The molecule has 3 N–H and O–H groups in total. The number of nitrogens with one attached hydrogen (secondary N) is 1.